The first kappa shape index (κ1) is 15.8. The Labute approximate surface area is 140 Å². The Kier molecular flexibility index (Phi) is 4.61. The molecule has 5 heteroatoms. The quantitative estimate of drug-likeness (QED) is 0.830. The molecule has 0 saturated heterocycles. The van der Waals surface area contributed by atoms with Crippen LogP contribution in [0.1, 0.15) is 17.9 Å². The van der Waals surface area contributed by atoms with Crippen molar-refractivity contribution in [1.82, 2.24) is 0 Å². The van der Waals surface area contributed by atoms with Gasteiger partial charge in [-0.2, -0.15) is 0 Å². The predicted octanol–water partition coefficient (Wildman–Crippen LogP) is 3.32. The van der Waals surface area contributed by atoms with Crippen molar-refractivity contribution in [2.75, 3.05) is 17.2 Å². The third-order valence-electron chi connectivity index (χ3n) is 3.80. The molecule has 122 valence electrons. The zero-order valence-electron chi connectivity index (χ0n) is 13.1. The maximum Gasteiger partial charge on any atom is 0.262 e. The van der Waals surface area contributed by atoms with E-state index in [0.29, 0.717) is 23.5 Å². The Morgan fingerprint density at radius 3 is 2.83 bits per heavy atom. The van der Waals surface area contributed by atoms with Gasteiger partial charge in [-0.05, 0) is 24.1 Å². The number of anilines is 2. The Hall–Kier alpha value is -3.08. The van der Waals surface area contributed by atoms with E-state index in [-0.39, 0.29) is 24.3 Å². The first-order chi connectivity index (χ1) is 11.7. The van der Waals surface area contributed by atoms with Crippen molar-refractivity contribution in [2.24, 2.45) is 0 Å². The van der Waals surface area contributed by atoms with E-state index in [1.54, 1.807) is 24.3 Å². The predicted molar refractivity (Wildman–Crippen MR) is 93.2 cm³/mol. The van der Waals surface area contributed by atoms with Crippen molar-refractivity contribution < 1.29 is 14.3 Å². The molecule has 2 aromatic rings. The van der Waals surface area contributed by atoms with Gasteiger partial charge in [0.2, 0.25) is 5.91 Å². The number of carbonyl (C=O) groups is 2. The van der Waals surface area contributed by atoms with E-state index < -0.39 is 0 Å². The first-order valence-electron chi connectivity index (χ1n) is 7.71. The third kappa shape index (κ3) is 3.46. The van der Waals surface area contributed by atoms with Gasteiger partial charge in [-0.25, -0.2) is 0 Å². The van der Waals surface area contributed by atoms with Gasteiger partial charge in [0.05, 0.1) is 11.6 Å². The van der Waals surface area contributed by atoms with Crippen LogP contribution in [0.2, 0.25) is 0 Å². The van der Waals surface area contributed by atoms with Gasteiger partial charge in [-0.3, -0.25) is 9.59 Å². The minimum absolute atomic E-state index is 0.0203. The van der Waals surface area contributed by atoms with E-state index in [4.69, 9.17) is 4.74 Å². The molecule has 0 aromatic heterocycles. The molecule has 24 heavy (non-hydrogen) atoms. The number of hydrogen-bond donors (Lipinski definition) is 2. The molecule has 0 spiro atoms. The highest BCUT2D eigenvalue weighted by Crippen LogP contribution is 2.31. The molecular weight excluding hydrogens is 304 g/mol. The van der Waals surface area contributed by atoms with Crippen LogP contribution in [0.5, 0.6) is 5.75 Å². The summed E-state index contributed by atoms with van der Waals surface area (Å²) in [7, 11) is 0. The minimum atomic E-state index is -0.305. The normalized spacial score (nSPS) is 13.9. The average Bonchev–Trinajstić information content (AvgIpc) is 2.60. The standard InChI is InChI=1S/C19H18N2O3/c1-2-6-15(13-7-4-3-5-8-13)19(23)20-14-9-10-16-17(11-14)24-12-18(22)21-16/h2-5,7-11,15H,1,6,12H2,(H,20,23)(H,21,22)/t15-/m0/s1. The highest BCUT2D eigenvalue weighted by molar-refractivity contribution is 5.98. The lowest BCUT2D eigenvalue weighted by Gasteiger charge is -2.20. The highest BCUT2D eigenvalue weighted by Gasteiger charge is 2.21. The highest BCUT2D eigenvalue weighted by atomic mass is 16.5. The number of ether oxygens (including phenoxy) is 1. The zero-order valence-corrected chi connectivity index (χ0v) is 13.1. The van der Waals surface area contributed by atoms with Crippen LogP contribution < -0.4 is 15.4 Å². The number of hydrogen-bond acceptors (Lipinski definition) is 3. The fourth-order valence-corrected chi connectivity index (χ4v) is 2.63. The molecule has 1 heterocycles. The Morgan fingerprint density at radius 2 is 2.08 bits per heavy atom. The van der Waals surface area contributed by atoms with Crippen LogP contribution in [-0.4, -0.2) is 18.4 Å². The van der Waals surface area contributed by atoms with Gasteiger partial charge in [0.15, 0.2) is 6.61 Å². The van der Waals surface area contributed by atoms with E-state index in [9.17, 15) is 9.59 Å². The van der Waals surface area contributed by atoms with Crippen LogP contribution in [0, 0.1) is 0 Å². The van der Waals surface area contributed by atoms with E-state index in [1.165, 1.54) is 0 Å². The van der Waals surface area contributed by atoms with Crippen molar-refractivity contribution >= 4 is 23.2 Å². The second-order valence-corrected chi connectivity index (χ2v) is 5.52. The summed E-state index contributed by atoms with van der Waals surface area (Å²) in [5.74, 6) is -0.0527. The van der Waals surface area contributed by atoms with E-state index >= 15 is 0 Å². The molecule has 1 aliphatic heterocycles. The largest absolute Gasteiger partial charge is 0.482 e. The second kappa shape index (κ2) is 7.00. The number of fused-ring (bicyclic) bond motifs is 1. The van der Waals surface area contributed by atoms with Crippen molar-refractivity contribution in [2.45, 2.75) is 12.3 Å². The topological polar surface area (TPSA) is 67.4 Å². The maximum absolute atomic E-state index is 12.7. The Balaban J connectivity index is 1.78. The van der Waals surface area contributed by atoms with Crippen molar-refractivity contribution in [1.29, 1.82) is 0 Å². The van der Waals surface area contributed by atoms with Crippen molar-refractivity contribution in [3.05, 3.63) is 66.7 Å². The van der Waals surface area contributed by atoms with E-state index in [0.717, 1.165) is 5.56 Å². The molecule has 1 aliphatic rings. The summed E-state index contributed by atoms with van der Waals surface area (Å²) in [6.45, 7) is 3.72. The van der Waals surface area contributed by atoms with Gasteiger partial charge in [0.25, 0.3) is 5.91 Å². The van der Waals surface area contributed by atoms with Crippen molar-refractivity contribution in [3.63, 3.8) is 0 Å². The van der Waals surface area contributed by atoms with Crippen LogP contribution in [0.4, 0.5) is 11.4 Å². The molecule has 0 fully saturated rings. The SMILES string of the molecule is C=CC[C@H](C(=O)Nc1ccc2c(c1)OCC(=O)N2)c1ccccc1. The Bertz CT molecular complexity index is 771. The van der Waals surface area contributed by atoms with Gasteiger partial charge in [-0.15, -0.1) is 6.58 Å². The summed E-state index contributed by atoms with van der Waals surface area (Å²) in [6.07, 6.45) is 2.29. The fourth-order valence-electron chi connectivity index (χ4n) is 2.63. The number of nitrogens with one attached hydrogen (secondary N) is 2. The number of carbonyl (C=O) groups excluding carboxylic acids is 2. The lowest BCUT2D eigenvalue weighted by atomic mass is 9.95. The molecule has 2 N–H and O–H groups in total. The molecule has 0 aliphatic carbocycles. The van der Waals surface area contributed by atoms with E-state index in [1.807, 2.05) is 30.3 Å². The van der Waals surface area contributed by atoms with Gasteiger partial charge >= 0.3 is 0 Å². The summed E-state index contributed by atoms with van der Waals surface area (Å²) in [6, 6.07) is 14.8. The molecular formula is C19H18N2O3. The van der Waals surface area contributed by atoms with Crippen molar-refractivity contribution in [3.8, 4) is 5.75 Å². The number of rotatable bonds is 5. The van der Waals surface area contributed by atoms with Crippen LogP contribution in [0.15, 0.2) is 61.2 Å². The summed E-state index contributed by atoms with van der Waals surface area (Å²) < 4.78 is 5.37. The third-order valence-corrected chi connectivity index (χ3v) is 3.80. The molecule has 0 bridgehead atoms. The summed E-state index contributed by atoms with van der Waals surface area (Å²) in [4.78, 5) is 23.9. The van der Waals surface area contributed by atoms with Gasteiger partial charge < -0.3 is 15.4 Å². The number of benzene rings is 2. The summed E-state index contributed by atoms with van der Waals surface area (Å²) in [5.41, 5.74) is 2.17. The Morgan fingerprint density at radius 1 is 1.29 bits per heavy atom. The monoisotopic (exact) mass is 322 g/mol. The number of amides is 2. The van der Waals surface area contributed by atoms with Crippen LogP contribution >= 0.6 is 0 Å². The summed E-state index contributed by atoms with van der Waals surface area (Å²) >= 11 is 0. The molecule has 0 radical (unpaired) electrons. The number of allylic oxidation sites excluding steroid dienone is 1. The van der Waals surface area contributed by atoms with Crippen LogP contribution in [0.25, 0.3) is 0 Å². The molecule has 2 aromatic carbocycles. The van der Waals surface area contributed by atoms with Gasteiger partial charge in [0.1, 0.15) is 5.75 Å². The maximum atomic E-state index is 12.7. The van der Waals surface area contributed by atoms with Gasteiger partial charge in [-0.1, -0.05) is 36.4 Å². The van der Waals surface area contributed by atoms with Crippen LogP contribution in [0.3, 0.4) is 0 Å². The molecule has 2 amide bonds. The smallest absolute Gasteiger partial charge is 0.262 e. The molecule has 3 rings (SSSR count). The molecule has 1 atom stereocenters. The molecule has 5 nitrogen and oxygen atoms in total. The van der Waals surface area contributed by atoms with Crippen LogP contribution in [-0.2, 0) is 9.59 Å². The molecule has 0 unspecified atom stereocenters. The molecule has 0 saturated carbocycles. The van der Waals surface area contributed by atoms with E-state index in [2.05, 4.69) is 17.2 Å². The lowest BCUT2D eigenvalue weighted by Crippen LogP contribution is -2.25. The fraction of sp³-hybridized carbons (Fsp3) is 0.158. The summed E-state index contributed by atoms with van der Waals surface area (Å²) in [5, 5.41) is 5.63. The van der Waals surface area contributed by atoms with Gasteiger partial charge in [0, 0.05) is 11.8 Å². The average molecular weight is 322 g/mol. The minimum Gasteiger partial charge on any atom is -0.482 e. The zero-order chi connectivity index (χ0) is 16.9. The first-order valence-corrected chi connectivity index (χ1v) is 7.71. The lowest BCUT2D eigenvalue weighted by molar-refractivity contribution is -0.119. The second-order valence-electron chi connectivity index (χ2n) is 5.52.